The molecule has 0 aliphatic carbocycles. The van der Waals surface area contributed by atoms with Crippen LogP contribution in [0.1, 0.15) is 34.6 Å². The van der Waals surface area contributed by atoms with E-state index in [2.05, 4.69) is 58.9 Å². The van der Waals surface area contributed by atoms with Gasteiger partial charge in [-0.3, -0.25) is 0 Å². The van der Waals surface area contributed by atoms with Crippen LogP contribution in [0.4, 0.5) is 0 Å². The number of rotatable bonds is 5. The second-order valence-electron chi connectivity index (χ2n) is 5.43. The maximum atomic E-state index is 5.25. The first-order chi connectivity index (χ1) is 7.98. The Kier molecular flexibility index (Phi) is 4.81. The molecular weight excluding hydrogens is 224 g/mol. The molecule has 0 atom stereocenters. The lowest BCUT2D eigenvalue weighted by molar-refractivity contribution is 0.415. The van der Waals surface area contributed by atoms with Gasteiger partial charge in [0.05, 0.1) is 15.2 Å². The average molecular weight is 250 g/mol. The second-order valence-corrected chi connectivity index (χ2v) is 11.1. The summed E-state index contributed by atoms with van der Waals surface area (Å²) in [5, 5.41) is 1.57. The van der Waals surface area contributed by atoms with Gasteiger partial charge in [-0.1, -0.05) is 58.0 Å². The Morgan fingerprint density at radius 1 is 1.00 bits per heavy atom. The number of hydrogen-bond donors (Lipinski definition) is 0. The maximum absolute atomic E-state index is 5.25. The fourth-order valence-corrected chi connectivity index (χ4v) is 8.75. The molecule has 17 heavy (non-hydrogen) atoms. The highest BCUT2D eigenvalue weighted by Crippen LogP contribution is 2.35. The van der Waals surface area contributed by atoms with Crippen LogP contribution in [0.15, 0.2) is 24.3 Å². The van der Waals surface area contributed by atoms with Crippen molar-refractivity contribution in [2.45, 2.75) is 51.7 Å². The third kappa shape index (κ3) is 2.57. The highest BCUT2D eigenvalue weighted by Gasteiger charge is 2.39. The van der Waals surface area contributed by atoms with E-state index in [0.29, 0.717) is 0 Å². The molecule has 0 unspecified atom stereocenters. The van der Waals surface area contributed by atoms with Crippen LogP contribution >= 0.6 is 0 Å². The van der Waals surface area contributed by atoms with Crippen molar-refractivity contribution < 1.29 is 4.74 Å². The number of benzene rings is 1. The van der Waals surface area contributed by atoms with Gasteiger partial charge in [0.15, 0.2) is 0 Å². The van der Waals surface area contributed by atoms with Crippen LogP contribution in [0.2, 0.25) is 17.1 Å². The zero-order valence-corrected chi connectivity index (χ0v) is 13.1. The van der Waals surface area contributed by atoms with Crippen LogP contribution in [0, 0.1) is 0 Å². The van der Waals surface area contributed by atoms with Crippen molar-refractivity contribution in [3.63, 3.8) is 0 Å². The summed E-state index contributed by atoms with van der Waals surface area (Å²) in [5.41, 5.74) is 1.56. The molecule has 2 heteroatoms. The van der Waals surface area contributed by atoms with Crippen LogP contribution in [-0.2, 0) is 0 Å². The van der Waals surface area contributed by atoms with Gasteiger partial charge in [0.25, 0.3) is 0 Å². The second kappa shape index (κ2) is 5.72. The fourth-order valence-electron chi connectivity index (χ4n) is 3.26. The molecule has 0 aromatic heterocycles. The van der Waals surface area contributed by atoms with E-state index in [-0.39, 0.29) is 0 Å². The van der Waals surface area contributed by atoms with Gasteiger partial charge in [0.2, 0.25) is 0 Å². The van der Waals surface area contributed by atoms with Gasteiger partial charge in [-0.05, 0) is 23.2 Å². The van der Waals surface area contributed by atoms with E-state index in [0.717, 1.165) is 16.8 Å². The molecule has 1 aromatic carbocycles. The van der Waals surface area contributed by atoms with E-state index < -0.39 is 8.07 Å². The van der Waals surface area contributed by atoms with Crippen LogP contribution in [0.25, 0.3) is 0 Å². The molecule has 96 valence electrons. The van der Waals surface area contributed by atoms with Gasteiger partial charge in [0.1, 0.15) is 5.75 Å². The van der Waals surface area contributed by atoms with Crippen molar-refractivity contribution >= 4 is 13.3 Å². The van der Waals surface area contributed by atoms with Crippen molar-refractivity contribution in [2.75, 3.05) is 7.11 Å². The van der Waals surface area contributed by atoms with E-state index in [4.69, 9.17) is 4.74 Å². The molecule has 0 saturated carbocycles. The molecule has 0 saturated heterocycles. The smallest absolute Gasteiger partial charge is 0.118 e. The molecule has 0 N–H and O–H groups in total. The van der Waals surface area contributed by atoms with Crippen molar-refractivity contribution in [1.29, 1.82) is 0 Å². The number of hydrogen-bond acceptors (Lipinski definition) is 1. The summed E-state index contributed by atoms with van der Waals surface area (Å²) in [5.74, 6) is 0.959. The lowest BCUT2D eigenvalue weighted by Gasteiger charge is -2.39. The molecule has 1 rings (SSSR count). The summed E-state index contributed by atoms with van der Waals surface area (Å²) < 4.78 is 5.25. The van der Waals surface area contributed by atoms with E-state index in [1.165, 1.54) is 6.04 Å². The summed E-state index contributed by atoms with van der Waals surface area (Å²) in [7, 11) is 0.335. The Morgan fingerprint density at radius 2 is 1.47 bits per heavy atom. The monoisotopic (exact) mass is 250 g/mol. The molecule has 0 amide bonds. The highest BCUT2D eigenvalue weighted by atomic mass is 28.3. The molecule has 0 radical (unpaired) electrons. The van der Waals surface area contributed by atoms with Crippen molar-refractivity contribution in [1.82, 2.24) is 0 Å². The predicted octanol–water partition coefficient (Wildman–Crippen LogP) is 4.19. The van der Waals surface area contributed by atoms with Crippen molar-refractivity contribution in [3.8, 4) is 5.75 Å². The van der Waals surface area contributed by atoms with Gasteiger partial charge < -0.3 is 4.74 Å². The molecular formula is C15H26OSi. The molecule has 0 heterocycles. The Labute approximate surface area is 107 Å². The quantitative estimate of drug-likeness (QED) is 0.712. The first-order valence-electron chi connectivity index (χ1n) is 6.63. The van der Waals surface area contributed by atoms with Gasteiger partial charge in [-0.25, -0.2) is 0 Å². The Balaban J connectivity index is 3.21. The van der Waals surface area contributed by atoms with Crippen LogP contribution < -0.4 is 9.92 Å². The summed E-state index contributed by atoms with van der Waals surface area (Å²) >= 11 is 0. The van der Waals surface area contributed by atoms with Crippen LogP contribution in [0.3, 0.4) is 0 Å². The summed E-state index contributed by atoms with van der Waals surface area (Å²) in [6, 6.07) is 10.1. The SMILES string of the molecule is CC[Si](c1ccc(OC)cc1)(C(C)C)C(C)C. The molecule has 0 aliphatic rings. The molecule has 1 aromatic rings. The first kappa shape index (κ1) is 14.3. The van der Waals surface area contributed by atoms with E-state index >= 15 is 0 Å². The third-order valence-corrected chi connectivity index (χ3v) is 11.0. The van der Waals surface area contributed by atoms with E-state index in [1.807, 2.05) is 0 Å². The van der Waals surface area contributed by atoms with E-state index in [1.54, 1.807) is 12.3 Å². The molecule has 0 aliphatic heterocycles. The lowest BCUT2D eigenvalue weighted by Crippen LogP contribution is -2.52. The number of ether oxygens (including phenoxy) is 1. The minimum absolute atomic E-state index is 0.779. The fraction of sp³-hybridized carbons (Fsp3) is 0.600. The topological polar surface area (TPSA) is 9.23 Å². The summed E-state index contributed by atoms with van der Waals surface area (Å²) in [6.07, 6.45) is 0. The Morgan fingerprint density at radius 3 is 1.76 bits per heavy atom. The lowest BCUT2D eigenvalue weighted by atomic mass is 10.3. The predicted molar refractivity (Wildman–Crippen MR) is 79.1 cm³/mol. The van der Waals surface area contributed by atoms with Crippen molar-refractivity contribution in [2.24, 2.45) is 0 Å². The van der Waals surface area contributed by atoms with Gasteiger partial charge >= 0.3 is 0 Å². The maximum Gasteiger partial charge on any atom is 0.118 e. The summed E-state index contributed by atoms with van der Waals surface area (Å²) in [6.45, 7) is 11.9. The standard InChI is InChI=1S/C15H26OSi/c1-7-17(12(2)3,13(4)5)15-10-8-14(16-6)9-11-15/h8-13H,7H2,1-6H3. The van der Waals surface area contributed by atoms with E-state index in [9.17, 15) is 0 Å². The normalized spacial score (nSPS) is 12.2. The van der Waals surface area contributed by atoms with Crippen LogP contribution in [-0.4, -0.2) is 15.2 Å². The Hall–Kier alpha value is -0.763. The summed E-state index contributed by atoms with van der Waals surface area (Å²) in [4.78, 5) is 0. The molecule has 0 spiro atoms. The Bertz CT molecular complexity index is 332. The average Bonchev–Trinajstić information content (AvgIpc) is 2.30. The van der Waals surface area contributed by atoms with Gasteiger partial charge in [-0.15, -0.1) is 0 Å². The number of methoxy groups -OCH3 is 1. The minimum Gasteiger partial charge on any atom is -0.497 e. The highest BCUT2D eigenvalue weighted by molar-refractivity contribution is 6.93. The van der Waals surface area contributed by atoms with Gasteiger partial charge in [0, 0.05) is 0 Å². The molecule has 0 bridgehead atoms. The van der Waals surface area contributed by atoms with Crippen LogP contribution in [0.5, 0.6) is 5.75 Å². The first-order valence-corrected chi connectivity index (χ1v) is 8.99. The van der Waals surface area contributed by atoms with Gasteiger partial charge in [-0.2, -0.15) is 0 Å². The molecule has 1 nitrogen and oxygen atoms in total. The zero-order valence-electron chi connectivity index (χ0n) is 12.1. The largest absolute Gasteiger partial charge is 0.497 e. The third-order valence-electron chi connectivity index (χ3n) is 4.27. The van der Waals surface area contributed by atoms with Crippen molar-refractivity contribution in [3.05, 3.63) is 24.3 Å². The minimum atomic E-state index is -1.39. The zero-order chi connectivity index (χ0) is 13.1. The molecule has 0 fully saturated rings.